The first-order chi connectivity index (χ1) is 9.99. The van der Waals surface area contributed by atoms with Gasteiger partial charge in [-0.2, -0.15) is 0 Å². The van der Waals surface area contributed by atoms with Gasteiger partial charge in [-0.05, 0) is 34.5 Å². The second-order valence-electron chi connectivity index (χ2n) is 4.77. The van der Waals surface area contributed by atoms with Crippen molar-refractivity contribution in [3.05, 3.63) is 68.2 Å². The lowest BCUT2D eigenvalue weighted by Crippen LogP contribution is -2.20. The Hall–Kier alpha value is -1.92. The molecule has 3 N–H and O–H groups in total. The van der Waals surface area contributed by atoms with E-state index in [4.69, 9.17) is 5.73 Å². The number of nitrogens with zero attached hydrogens (tertiary/aromatic N) is 1. The first kappa shape index (κ1) is 15.5. The van der Waals surface area contributed by atoms with Crippen LogP contribution in [-0.4, -0.2) is 11.5 Å². The van der Waals surface area contributed by atoms with Crippen molar-refractivity contribution in [1.82, 2.24) is 0 Å². The third-order valence-electron chi connectivity index (χ3n) is 3.22. The van der Waals surface area contributed by atoms with E-state index in [1.807, 2.05) is 30.3 Å². The van der Waals surface area contributed by atoms with Gasteiger partial charge in [-0.3, -0.25) is 10.1 Å². The highest BCUT2D eigenvalue weighted by molar-refractivity contribution is 9.10. The van der Waals surface area contributed by atoms with E-state index in [0.717, 1.165) is 11.3 Å². The first-order valence-corrected chi connectivity index (χ1v) is 7.27. The SMILES string of the molecule is Cc1cc(NCC(N)c2ccccc2)c(Br)cc1[N+](=O)[O-]. The van der Waals surface area contributed by atoms with Gasteiger partial charge in [0.05, 0.1) is 4.92 Å². The Bertz CT molecular complexity index is 647. The molecular formula is C15H16BrN3O2. The average molecular weight is 350 g/mol. The monoisotopic (exact) mass is 349 g/mol. The fraction of sp³-hybridized carbons (Fsp3) is 0.200. The molecule has 0 fully saturated rings. The van der Waals surface area contributed by atoms with Gasteiger partial charge in [0, 0.05) is 34.4 Å². The van der Waals surface area contributed by atoms with E-state index in [9.17, 15) is 10.1 Å². The number of hydrogen-bond donors (Lipinski definition) is 2. The van der Waals surface area contributed by atoms with Crippen molar-refractivity contribution in [2.75, 3.05) is 11.9 Å². The van der Waals surface area contributed by atoms with Crippen molar-refractivity contribution in [3.63, 3.8) is 0 Å². The summed E-state index contributed by atoms with van der Waals surface area (Å²) in [7, 11) is 0. The lowest BCUT2D eigenvalue weighted by molar-refractivity contribution is -0.385. The number of hydrogen-bond acceptors (Lipinski definition) is 4. The fourth-order valence-electron chi connectivity index (χ4n) is 2.04. The summed E-state index contributed by atoms with van der Waals surface area (Å²) in [6.07, 6.45) is 0. The molecule has 0 aliphatic rings. The van der Waals surface area contributed by atoms with E-state index in [1.54, 1.807) is 13.0 Å². The molecular weight excluding hydrogens is 334 g/mol. The van der Waals surface area contributed by atoms with Gasteiger partial charge >= 0.3 is 0 Å². The number of nitrogens with one attached hydrogen (secondary N) is 1. The second kappa shape index (κ2) is 6.69. The third kappa shape index (κ3) is 3.80. The zero-order valence-corrected chi connectivity index (χ0v) is 13.1. The van der Waals surface area contributed by atoms with E-state index < -0.39 is 0 Å². The second-order valence-corrected chi connectivity index (χ2v) is 5.63. The van der Waals surface area contributed by atoms with E-state index in [-0.39, 0.29) is 16.7 Å². The van der Waals surface area contributed by atoms with Crippen LogP contribution in [0.4, 0.5) is 11.4 Å². The van der Waals surface area contributed by atoms with Crippen LogP contribution in [0, 0.1) is 17.0 Å². The highest BCUT2D eigenvalue weighted by Gasteiger charge is 2.14. The zero-order chi connectivity index (χ0) is 15.4. The van der Waals surface area contributed by atoms with Gasteiger partial charge in [0.15, 0.2) is 0 Å². The molecule has 0 aliphatic carbocycles. The molecule has 0 aliphatic heterocycles. The predicted octanol–water partition coefficient (Wildman–Crippen LogP) is 3.78. The molecule has 110 valence electrons. The molecule has 0 bridgehead atoms. The minimum absolute atomic E-state index is 0.0970. The van der Waals surface area contributed by atoms with Gasteiger partial charge in [-0.15, -0.1) is 0 Å². The van der Waals surface area contributed by atoms with Gasteiger partial charge in [0.2, 0.25) is 0 Å². The molecule has 0 spiro atoms. The number of benzene rings is 2. The van der Waals surface area contributed by atoms with Crippen LogP contribution in [0.1, 0.15) is 17.2 Å². The molecule has 0 amide bonds. The molecule has 5 nitrogen and oxygen atoms in total. The van der Waals surface area contributed by atoms with Crippen molar-refractivity contribution >= 4 is 27.3 Å². The predicted molar refractivity (Wildman–Crippen MR) is 87.4 cm³/mol. The van der Waals surface area contributed by atoms with Gasteiger partial charge in [0.25, 0.3) is 5.69 Å². The number of nitrogens with two attached hydrogens (primary N) is 1. The van der Waals surface area contributed by atoms with E-state index >= 15 is 0 Å². The van der Waals surface area contributed by atoms with Gasteiger partial charge in [0.1, 0.15) is 0 Å². The third-order valence-corrected chi connectivity index (χ3v) is 3.88. The average Bonchev–Trinajstić information content (AvgIpc) is 2.48. The van der Waals surface area contributed by atoms with Crippen LogP contribution in [-0.2, 0) is 0 Å². The Balaban J connectivity index is 2.10. The molecule has 1 unspecified atom stereocenters. The molecule has 2 rings (SSSR count). The summed E-state index contributed by atoms with van der Waals surface area (Å²) in [5.74, 6) is 0. The molecule has 0 saturated heterocycles. The van der Waals surface area contributed by atoms with E-state index in [1.165, 1.54) is 6.07 Å². The first-order valence-electron chi connectivity index (χ1n) is 6.48. The maximum Gasteiger partial charge on any atom is 0.273 e. The zero-order valence-electron chi connectivity index (χ0n) is 11.5. The topological polar surface area (TPSA) is 81.2 Å². The maximum absolute atomic E-state index is 10.9. The summed E-state index contributed by atoms with van der Waals surface area (Å²) in [4.78, 5) is 10.5. The van der Waals surface area contributed by atoms with Crippen LogP contribution >= 0.6 is 15.9 Å². The van der Waals surface area contributed by atoms with Crippen LogP contribution in [0.5, 0.6) is 0 Å². The summed E-state index contributed by atoms with van der Waals surface area (Å²) in [5, 5.41) is 14.1. The largest absolute Gasteiger partial charge is 0.382 e. The molecule has 21 heavy (non-hydrogen) atoms. The Labute approximate surface area is 131 Å². The van der Waals surface area contributed by atoms with Crippen molar-refractivity contribution in [2.45, 2.75) is 13.0 Å². The molecule has 0 aromatic heterocycles. The van der Waals surface area contributed by atoms with Crippen LogP contribution in [0.3, 0.4) is 0 Å². The normalized spacial score (nSPS) is 12.0. The highest BCUT2D eigenvalue weighted by atomic mass is 79.9. The Morgan fingerprint density at radius 3 is 2.62 bits per heavy atom. The Morgan fingerprint density at radius 1 is 1.33 bits per heavy atom. The van der Waals surface area contributed by atoms with Crippen molar-refractivity contribution in [3.8, 4) is 0 Å². The molecule has 2 aromatic carbocycles. The molecule has 1 atom stereocenters. The van der Waals surface area contributed by atoms with Gasteiger partial charge < -0.3 is 11.1 Å². The number of nitro benzene ring substituents is 1. The number of rotatable bonds is 5. The smallest absolute Gasteiger partial charge is 0.273 e. The summed E-state index contributed by atoms with van der Waals surface area (Å²) in [5.41, 5.74) is 8.67. The minimum Gasteiger partial charge on any atom is -0.382 e. The minimum atomic E-state index is -0.389. The van der Waals surface area contributed by atoms with Crippen LogP contribution < -0.4 is 11.1 Å². The standard InChI is InChI=1S/C15H16BrN3O2/c1-10-7-14(12(16)8-15(10)19(20)21)18-9-13(17)11-5-3-2-4-6-11/h2-8,13,18H,9,17H2,1H3. The van der Waals surface area contributed by atoms with Crippen molar-refractivity contribution in [2.24, 2.45) is 5.73 Å². The summed E-state index contributed by atoms with van der Waals surface area (Å²) >= 11 is 3.35. The molecule has 2 aromatic rings. The molecule has 6 heteroatoms. The van der Waals surface area contributed by atoms with Crippen LogP contribution in [0.15, 0.2) is 46.9 Å². The Kier molecular flexibility index (Phi) is 4.93. The van der Waals surface area contributed by atoms with Crippen molar-refractivity contribution < 1.29 is 4.92 Å². The molecule has 0 radical (unpaired) electrons. The number of halogens is 1. The fourth-order valence-corrected chi connectivity index (χ4v) is 2.51. The lowest BCUT2D eigenvalue weighted by Gasteiger charge is -2.15. The van der Waals surface area contributed by atoms with Crippen LogP contribution in [0.2, 0.25) is 0 Å². The molecule has 0 heterocycles. The highest BCUT2D eigenvalue weighted by Crippen LogP contribution is 2.30. The lowest BCUT2D eigenvalue weighted by atomic mass is 10.1. The Morgan fingerprint density at radius 2 is 2.00 bits per heavy atom. The van der Waals surface area contributed by atoms with Crippen LogP contribution in [0.25, 0.3) is 0 Å². The number of aryl methyl sites for hydroxylation is 1. The number of anilines is 1. The number of nitro groups is 1. The van der Waals surface area contributed by atoms with E-state index in [0.29, 0.717) is 16.6 Å². The summed E-state index contributed by atoms with van der Waals surface area (Å²) < 4.78 is 0.653. The molecule has 0 saturated carbocycles. The van der Waals surface area contributed by atoms with Gasteiger partial charge in [-0.25, -0.2) is 0 Å². The van der Waals surface area contributed by atoms with Gasteiger partial charge in [-0.1, -0.05) is 30.3 Å². The summed E-state index contributed by atoms with van der Waals surface area (Å²) in [6, 6.07) is 12.9. The summed E-state index contributed by atoms with van der Waals surface area (Å²) in [6.45, 7) is 2.26. The van der Waals surface area contributed by atoms with Crippen molar-refractivity contribution in [1.29, 1.82) is 0 Å². The quantitative estimate of drug-likeness (QED) is 0.635. The maximum atomic E-state index is 10.9. The van der Waals surface area contributed by atoms with E-state index in [2.05, 4.69) is 21.2 Å².